The SMILES string of the molecule is C=CCOC(=O)C1=C(C)Nc2nnnn2C1c1ccc(OCc2cccc(Br)c2)c(OC)c1. The van der Waals surface area contributed by atoms with Crippen LogP contribution in [-0.2, 0) is 16.1 Å². The van der Waals surface area contributed by atoms with Crippen LogP contribution in [0.25, 0.3) is 0 Å². The second kappa shape index (κ2) is 9.86. The molecule has 0 saturated heterocycles. The average molecular weight is 512 g/mol. The molecule has 1 atom stereocenters. The van der Waals surface area contributed by atoms with Crippen LogP contribution in [0, 0.1) is 0 Å². The number of rotatable bonds is 8. The summed E-state index contributed by atoms with van der Waals surface area (Å²) in [5, 5.41) is 14.9. The lowest BCUT2D eigenvalue weighted by Crippen LogP contribution is -2.29. The summed E-state index contributed by atoms with van der Waals surface area (Å²) in [7, 11) is 1.57. The number of ether oxygens (including phenoxy) is 3. The van der Waals surface area contributed by atoms with E-state index >= 15 is 0 Å². The molecule has 1 N–H and O–H groups in total. The molecule has 1 aromatic heterocycles. The van der Waals surface area contributed by atoms with E-state index in [-0.39, 0.29) is 6.61 Å². The summed E-state index contributed by atoms with van der Waals surface area (Å²) in [6, 6.07) is 12.7. The number of benzene rings is 2. The molecule has 170 valence electrons. The first kappa shape index (κ1) is 22.5. The number of allylic oxidation sites excluding steroid dienone is 1. The number of hydrogen-bond donors (Lipinski definition) is 1. The Labute approximate surface area is 199 Å². The standard InChI is InChI=1S/C23H22BrN5O4/c1-4-10-32-22(30)20-14(2)25-23-26-27-28-29(23)21(20)16-8-9-18(19(12-16)31-3)33-13-15-6-5-7-17(24)11-15/h4-9,11-12,21H,1,10,13H2,2-3H3,(H,25,26,28). The maximum absolute atomic E-state index is 12.9. The van der Waals surface area contributed by atoms with Gasteiger partial charge in [0.25, 0.3) is 0 Å². The average Bonchev–Trinajstić information content (AvgIpc) is 3.28. The fourth-order valence-corrected chi connectivity index (χ4v) is 4.01. The van der Waals surface area contributed by atoms with E-state index in [1.54, 1.807) is 20.1 Å². The zero-order chi connectivity index (χ0) is 23.4. The zero-order valence-electron chi connectivity index (χ0n) is 18.1. The van der Waals surface area contributed by atoms with E-state index in [0.29, 0.717) is 35.3 Å². The Morgan fingerprint density at radius 2 is 2.12 bits per heavy atom. The summed E-state index contributed by atoms with van der Waals surface area (Å²) in [6.45, 7) is 5.85. The lowest BCUT2D eigenvalue weighted by molar-refractivity contribution is -0.138. The van der Waals surface area contributed by atoms with E-state index in [4.69, 9.17) is 14.2 Å². The number of anilines is 1. The highest BCUT2D eigenvalue weighted by molar-refractivity contribution is 9.10. The molecule has 1 unspecified atom stereocenters. The van der Waals surface area contributed by atoms with Crippen molar-refractivity contribution in [3.8, 4) is 11.5 Å². The first-order valence-electron chi connectivity index (χ1n) is 10.1. The predicted octanol–water partition coefficient (Wildman–Crippen LogP) is 4.04. The molecule has 1 aliphatic heterocycles. The van der Waals surface area contributed by atoms with Crippen molar-refractivity contribution in [2.45, 2.75) is 19.6 Å². The Morgan fingerprint density at radius 1 is 1.27 bits per heavy atom. The Kier molecular flexibility index (Phi) is 6.74. The van der Waals surface area contributed by atoms with Gasteiger partial charge in [0, 0.05) is 10.2 Å². The minimum absolute atomic E-state index is 0.0937. The van der Waals surface area contributed by atoms with E-state index < -0.39 is 12.0 Å². The molecule has 9 nitrogen and oxygen atoms in total. The Bertz CT molecular complexity index is 1220. The monoisotopic (exact) mass is 511 g/mol. The van der Waals surface area contributed by atoms with Crippen LogP contribution in [0.3, 0.4) is 0 Å². The number of nitrogens with one attached hydrogen (secondary N) is 1. The Morgan fingerprint density at radius 3 is 2.88 bits per heavy atom. The maximum atomic E-state index is 12.9. The van der Waals surface area contributed by atoms with E-state index in [1.807, 2.05) is 36.4 Å². The third-order valence-corrected chi connectivity index (χ3v) is 5.55. The number of halogens is 1. The second-order valence-electron chi connectivity index (χ2n) is 7.23. The van der Waals surface area contributed by atoms with Crippen molar-refractivity contribution in [2.75, 3.05) is 19.0 Å². The number of carbonyl (C=O) groups is 1. The van der Waals surface area contributed by atoms with Crippen LogP contribution in [0.1, 0.15) is 24.1 Å². The van der Waals surface area contributed by atoms with Gasteiger partial charge < -0.3 is 19.5 Å². The molecule has 0 saturated carbocycles. The summed E-state index contributed by atoms with van der Waals surface area (Å²) >= 11 is 3.47. The molecule has 0 aliphatic carbocycles. The minimum atomic E-state index is -0.610. The third kappa shape index (κ3) is 4.75. The van der Waals surface area contributed by atoms with Crippen LogP contribution >= 0.6 is 15.9 Å². The predicted molar refractivity (Wildman–Crippen MR) is 125 cm³/mol. The van der Waals surface area contributed by atoms with E-state index in [2.05, 4.69) is 43.4 Å². The molecule has 3 aromatic rings. The fraction of sp³-hybridized carbons (Fsp3) is 0.217. The summed E-state index contributed by atoms with van der Waals surface area (Å²) in [5.74, 6) is 1.03. The highest BCUT2D eigenvalue weighted by Gasteiger charge is 2.35. The van der Waals surface area contributed by atoms with E-state index in [1.165, 1.54) is 10.8 Å². The molecule has 2 aromatic carbocycles. The van der Waals surface area contributed by atoms with Crippen LogP contribution in [0.15, 0.2) is 70.9 Å². The Hall–Kier alpha value is -3.66. The quantitative estimate of drug-likeness (QED) is 0.357. The summed E-state index contributed by atoms with van der Waals surface area (Å²) < 4.78 is 19.4. The molecule has 10 heteroatoms. The molecule has 0 bridgehead atoms. The van der Waals surface area contributed by atoms with Gasteiger partial charge in [0.05, 0.1) is 12.7 Å². The van der Waals surface area contributed by atoms with Crippen LogP contribution in [-0.4, -0.2) is 39.9 Å². The van der Waals surface area contributed by atoms with Gasteiger partial charge in [-0.3, -0.25) is 0 Å². The molecule has 0 amide bonds. The van der Waals surface area contributed by atoms with Crippen molar-refractivity contribution in [2.24, 2.45) is 0 Å². The highest BCUT2D eigenvalue weighted by Crippen LogP contribution is 2.38. The molecule has 33 heavy (non-hydrogen) atoms. The third-order valence-electron chi connectivity index (χ3n) is 5.05. The van der Waals surface area contributed by atoms with Gasteiger partial charge in [0.15, 0.2) is 11.5 Å². The first-order valence-corrected chi connectivity index (χ1v) is 10.9. The molecule has 1 aliphatic rings. The van der Waals surface area contributed by atoms with Crippen molar-refractivity contribution in [3.05, 3.63) is 82.0 Å². The minimum Gasteiger partial charge on any atom is -0.493 e. The number of fused-ring (bicyclic) bond motifs is 1. The number of esters is 1. The van der Waals surface area contributed by atoms with Gasteiger partial charge in [-0.15, -0.1) is 0 Å². The number of nitrogens with zero attached hydrogens (tertiary/aromatic N) is 4. The van der Waals surface area contributed by atoms with Crippen molar-refractivity contribution in [1.82, 2.24) is 20.2 Å². The molecule has 0 spiro atoms. The first-order chi connectivity index (χ1) is 16.0. The lowest BCUT2D eigenvalue weighted by Gasteiger charge is -2.27. The van der Waals surface area contributed by atoms with Gasteiger partial charge in [-0.2, -0.15) is 4.68 Å². The summed E-state index contributed by atoms with van der Waals surface area (Å²) in [4.78, 5) is 12.9. The fourth-order valence-electron chi connectivity index (χ4n) is 3.56. The molecular formula is C23H22BrN5O4. The number of carbonyl (C=O) groups excluding carboxylic acids is 1. The van der Waals surface area contributed by atoms with Gasteiger partial charge in [0.1, 0.15) is 19.3 Å². The molecular weight excluding hydrogens is 490 g/mol. The number of aromatic nitrogens is 4. The molecule has 4 rings (SSSR count). The summed E-state index contributed by atoms with van der Waals surface area (Å²) in [5.41, 5.74) is 2.74. The van der Waals surface area contributed by atoms with Crippen molar-refractivity contribution < 1.29 is 19.0 Å². The van der Waals surface area contributed by atoms with Crippen molar-refractivity contribution >= 4 is 27.8 Å². The lowest BCUT2D eigenvalue weighted by atomic mass is 9.95. The van der Waals surface area contributed by atoms with Gasteiger partial charge >= 0.3 is 5.97 Å². The largest absolute Gasteiger partial charge is 0.493 e. The second-order valence-corrected chi connectivity index (χ2v) is 8.14. The van der Waals surface area contributed by atoms with E-state index in [0.717, 1.165) is 15.6 Å². The topological polar surface area (TPSA) is 100 Å². The maximum Gasteiger partial charge on any atom is 0.338 e. The molecule has 0 radical (unpaired) electrons. The van der Waals surface area contributed by atoms with Gasteiger partial charge in [-0.05, 0) is 52.7 Å². The van der Waals surface area contributed by atoms with Crippen molar-refractivity contribution in [3.63, 3.8) is 0 Å². The summed E-state index contributed by atoms with van der Waals surface area (Å²) in [6.07, 6.45) is 1.52. The zero-order valence-corrected chi connectivity index (χ0v) is 19.7. The van der Waals surface area contributed by atoms with Gasteiger partial charge in [-0.1, -0.05) is 51.9 Å². The van der Waals surface area contributed by atoms with Crippen LogP contribution < -0.4 is 14.8 Å². The van der Waals surface area contributed by atoms with E-state index in [9.17, 15) is 4.79 Å². The highest BCUT2D eigenvalue weighted by atomic mass is 79.9. The number of tetrazole rings is 1. The Balaban J connectivity index is 1.67. The number of methoxy groups -OCH3 is 1. The van der Waals surface area contributed by atoms with Crippen LogP contribution in [0.5, 0.6) is 11.5 Å². The van der Waals surface area contributed by atoms with Crippen molar-refractivity contribution in [1.29, 1.82) is 0 Å². The normalized spacial score (nSPS) is 14.8. The van der Waals surface area contributed by atoms with Gasteiger partial charge in [0.2, 0.25) is 5.95 Å². The smallest absolute Gasteiger partial charge is 0.338 e. The van der Waals surface area contributed by atoms with Gasteiger partial charge in [-0.25, -0.2) is 4.79 Å². The number of hydrogen-bond acceptors (Lipinski definition) is 8. The molecule has 2 heterocycles. The van der Waals surface area contributed by atoms with Crippen LogP contribution in [0.4, 0.5) is 5.95 Å². The molecule has 0 fully saturated rings. The van der Waals surface area contributed by atoms with Crippen LogP contribution in [0.2, 0.25) is 0 Å².